The molecule has 5 nitrogen and oxygen atoms in total. The quantitative estimate of drug-likeness (QED) is 0.654. The minimum absolute atomic E-state index is 0.0829. The van der Waals surface area contributed by atoms with Crippen LogP contribution < -0.4 is 19.5 Å². The highest BCUT2D eigenvalue weighted by atomic mass is 16.5. The van der Waals surface area contributed by atoms with Crippen molar-refractivity contribution < 1.29 is 19.0 Å². The zero-order valence-corrected chi connectivity index (χ0v) is 18.4. The second kappa shape index (κ2) is 10.2. The van der Waals surface area contributed by atoms with Crippen LogP contribution in [0.15, 0.2) is 42.5 Å². The predicted octanol–water partition coefficient (Wildman–Crippen LogP) is 4.87. The summed E-state index contributed by atoms with van der Waals surface area (Å²) in [5.41, 5.74) is 2.24. The standard InChI is InChI=1S/C24H33NO4/c1-7-27-21-14-9-18(15-22(21)28-8-2)16-25-23(26)17(3)29-20-12-10-19(11-13-20)24(4,5)6/h9-15,17H,7-8,16H2,1-6H3,(H,25,26). The van der Waals surface area contributed by atoms with Crippen LogP contribution in [0.4, 0.5) is 0 Å². The van der Waals surface area contributed by atoms with E-state index >= 15 is 0 Å². The summed E-state index contributed by atoms with van der Waals surface area (Å²) in [5.74, 6) is 1.90. The topological polar surface area (TPSA) is 56.8 Å². The lowest BCUT2D eigenvalue weighted by Crippen LogP contribution is -2.35. The Bertz CT molecular complexity index is 794. The summed E-state index contributed by atoms with van der Waals surface area (Å²) in [4.78, 5) is 12.4. The molecule has 0 radical (unpaired) electrons. The first kappa shape index (κ1) is 22.6. The van der Waals surface area contributed by atoms with Crippen LogP contribution in [0.25, 0.3) is 0 Å². The van der Waals surface area contributed by atoms with Crippen LogP contribution in [0.3, 0.4) is 0 Å². The van der Waals surface area contributed by atoms with Gasteiger partial charge in [-0.3, -0.25) is 4.79 Å². The number of carbonyl (C=O) groups is 1. The van der Waals surface area contributed by atoms with Crippen LogP contribution in [-0.2, 0) is 16.8 Å². The van der Waals surface area contributed by atoms with E-state index in [-0.39, 0.29) is 11.3 Å². The van der Waals surface area contributed by atoms with Crippen LogP contribution >= 0.6 is 0 Å². The Morgan fingerprint density at radius 1 is 0.966 bits per heavy atom. The molecule has 0 spiro atoms. The van der Waals surface area contributed by atoms with Gasteiger partial charge in [-0.2, -0.15) is 0 Å². The number of amides is 1. The number of carbonyl (C=O) groups excluding carboxylic acids is 1. The zero-order chi connectivity index (χ0) is 21.4. The summed E-state index contributed by atoms with van der Waals surface area (Å²) < 4.78 is 17.0. The van der Waals surface area contributed by atoms with Gasteiger partial charge in [0, 0.05) is 6.54 Å². The zero-order valence-electron chi connectivity index (χ0n) is 18.4. The Balaban J connectivity index is 1.93. The number of nitrogens with one attached hydrogen (secondary N) is 1. The summed E-state index contributed by atoms with van der Waals surface area (Å²) in [6.07, 6.45) is -0.593. The third kappa shape index (κ3) is 6.70. The van der Waals surface area contributed by atoms with Crippen molar-refractivity contribution in [1.82, 2.24) is 5.32 Å². The molecule has 0 aliphatic heterocycles. The second-order valence-electron chi connectivity index (χ2n) is 7.90. The van der Waals surface area contributed by atoms with Gasteiger partial charge in [-0.05, 0) is 61.6 Å². The number of hydrogen-bond acceptors (Lipinski definition) is 4. The van der Waals surface area contributed by atoms with Crippen LogP contribution in [-0.4, -0.2) is 25.2 Å². The van der Waals surface area contributed by atoms with Crippen molar-refractivity contribution in [2.75, 3.05) is 13.2 Å². The molecule has 1 unspecified atom stereocenters. The normalized spacial score (nSPS) is 12.2. The summed E-state index contributed by atoms with van der Waals surface area (Å²) >= 11 is 0. The van der Waals surface area contributed by atoms with E-state index in [9.17, 15) is 4.79 Å². The largest absolute Gasteiger partial charge is 0.490 e. The van der Waals surface area contributed by atoms with E-state index in [0.717, 1.165) is 5.56 Å². The molecule has 1 atom stereocenters. The molecule has 2 aromatic carbocycles. The maximum Gasteiger partial charge on any atom is 0.261 e. The van der Waals surface area contributed by atoms with Crippen LogP contribution in [0.2, 0.25) is 0 Å². The molecule has 158 valence electrons. The molecule has 0 heterocycles. The molecule has 0 saturated heterocycles. The van der Waals surface area contributed by atoms with Gasteiger partial charge >= 0.3 is 0 Å². The molecule has 1 N–H and O–H groups in total. The highest BCUT2D eigenvalue weighted by molar-refractivity contribution is 5.80. The highest BCUT2D eigenvalue weighted by Crippen LogP contribution is 2.28. The SMILES string of the molecule is CCOc1ccc(CNC(=O)C(C)Oc2ccc(C(C)(C)C)cc2)cc1OCC. The van der Waals surface area contributed by atoms with Crippen molar-refractivity contribution in [2.45, 2.75) is 59.6 Å². The lowest BCUT2D eigenvalue weighted by Gasteiger charge is -2.20. The molecule has 0 aliphatic carbocycles. The molecule has 5 heteroatoms. The van der Waals surface area contributed by atoms with Gasteiger partial charge in [0.1, 0.15) is 5.75 Å². The van der Waals surface area contributed by atoms with E-state index in [1.807, 2.05) is 56.3 Å². The molecule has 0 bridgehead atoms. The van der Waals surface area contributed by atoms with Crippen LogP contribution in [0.1, 0.15) is 52.7 Å². The third-order valence-electron chi connectivity index (χ3n) is 4.48. The van der Waals surface area contributed by atoms with Crippen molar-refractivity contribution in [3.63, 3.8) is 0 Å². The van der Waals surface area contributed by atoms with Crippen molar-refractivity contribution >= 4 is 5.91 Å². The monoisotopic (exact) mass is 399 g/mol. The van der Waals surface area contributed by atoms with Gasteiger partial charge in [-0.25, -0.2) is 0 Å². The Labute approximate surface area is 174 Å². The van der Waals surface area contributed by atoms with Gasteiger partial charge in [0.2, 0.25) is 0 Å². The van der Waals surface area contributed by atoms with E-state index in [1.165, 1.54) is 5.56 Å². The molecular weight excluding hydrogens is 366 g/mol. The van der Waals surface area contributed by atoms with E-state index in [4.69, 9.17) is 14.2 Å². The minimum Gasteiger partial charge on any atom is -0.490 e. The van der Waals surface area contributed by atoms with Crippen LogP contribution in [0.5, 0.6) is 17.2 Å². The first-order chi connectivity index (χ1) is 13.7. The number of benzene rings is 2. The van der Waals surface area contributed by atoms with Gasteiger partial charge in [-0.15, -0.1) is 0 Å². The molecule has 0 saturated carbocycles. The maximum absolute atomic E-state index is 12.4. The van der Waals surface area contributed by atoms with Crippen LogP contribution in [0, 0.1) is 0 Å². The summed E-state index contributed by atoms with van der Waals surface area (Å²) in [6.45, 7) is 13.6. The lowest BCUT2D eigenvalue weighted by atomic mass is 9.87. The van der Waals surface area contributed by atoms with Gasteiger partial charge in [-0.1, -0.05) is 39.0 Å². The molecule has 29 heavy (non-hydrogen) atoms. The Morgan fingerprint density at radius 2 is 1.59 bits per heavy atom. The smallest absolute Gasteiger partial charge is 0.261 e. The predicted molar refractivity (Wildman–Crippen MR) is 116 cm³/mol. The first-order valence-corrected chi connectivity index (χ1v) is 10.2. The van der Waals surface area contributed by atoms with Crippen molar-refractivity contribution in [2.24, 2.45) is 0 Å². The van der Waals surface area contributed by atoms with Crippen molar-refractivity contribution in [1.29, 1.82) is 0 Å². The van der Waals surface area contributed by atoms with E-state index in [1.54, 1.807) is 6.92 Å². The summed E-state index contributed by atoms with van der Waals surface area (Å²) in [7, 11) is 0. The summed E-state index contributed by atoms with van der Waals surface area (Å²) in [6, 6.07) is 13.6. The number of hydrogen-bond donors (Lipinski definition) is 1. The van der Waals surface area contributed by atoms with E-state index in [2.05, 4.69) is 26.1 Å². The minimum atomic E-state index is -0.593. The molecule has 2 aromatic rings. The number of ether oxygens (including phenoxy) is 3. The van der Waals surface area contributed by atoms with Gasteiger partial charge in [0.15, 0.2) is 17.6 Å². The maximum atomic E-state index is 12.4. The molecule has 2 rings (SSSR count). The second-order valence-corrected chi connectivity index (χ2v) is 7.90. The molecule has 0 aliphatic rings. The fraction of sp³-hybridized carbons (Fsp3) is 0.458. The third-order valence-corrected chi connectivity index (χ3v) is 4.48. The fourth-order valence-electron chi connectivity index (χ4n) is 2.83. The molecule has 0 aromatic heterocycles. The molecule has 1 amide bonds. The van der Waals surface area contributed by atoms with Gasteiger partial charge in [0.05, 0.1) is 13.2 Å². The van der Waals surface area contributed by atoms with Gasteiger partial charge in [0.25, 0.3) is 5.91 Å². The Morgan fingerprint density at radius 3 is 2.17 bits per heavy atom. The van der Waals surface area contributed by atoms with Gasteiger partial charge < -0.3 is 19.5 Å². The van der Waals surface area contributed by atoms with Crippen molar-refractivity contribution in [3.8, 4) is 17.2 Å². The molecule has 0 fully saturated rings. The average molecular weight is 400 g/mol. The summed E-state index contributed by atoms with van der Waals surface area (Å²) in [5, 5.41) is 2.92. The number of rotatable bonds is 9. The van der Waals surface area contributed by atoms with E-state index in [0.29, 0.717) is 37.0 Å². The first-order valence-electron chi connectivity index (χ1n) is 10.2. The Hall–Kier alpha value is -2.69. The highest BCUT2D eigenvalue weighted by Gasteiger charge is 2.17. The fourth-order valence-corrected chi connectivity index (χ4v) is 2.83. The van der Waals surface area contributed by atoms with E-state index < -0.39 is 6.10 Å². The Kier molecular flexibility index (Phi) is 7.94. The van der Waals surface area contributed by atoms with Crippen molar-refractivity contribution in [3.05, 3.63) is 53.6 Å². The lowest BCUT2D eigenvalue weighted by molar-refractivity contribution is -0.127. The molecular formula is C24H33NO4. The average Bonchev–Trinajstić information content (AvgIpc) is 2.68.